The highest BCUT2D eigenvalue weighted by Gasteiger charge is 2.13. The van der Waals surface area contributed by atoms with E-state index < -0.39 is 0 Å². The summed E-state index contributed by atoms with van der Waals surface area (Å²) in [5, 5.41) is 0. The van der Waals surface area contributed by atoms with Crippen molar-refractivity contribution in [3.63, 3.8) is 0 Å². The van der Waals surface area contributed by atoms with Gasteiger partial charge in [0.1, 0.15) is 5.82 Å². The summed E-state index contributed by atoms with van der Waals surface area (Å²) >= 11 is 0. The molecule has 1 unspecified atom stereocenters. The molecule has 3 rings (SSSR count). The number of hydrogen-bond donors (Lipinski definition) is 1. The first kappa shape index (κ1) is 11.8. The summed E-state index contributed by atoms with van der Waals surface area (Å²) in [5.41, 5.74) is 8.63. The van der Waals surface area contributed by atoms with Gasteiger partial charge in [-0.05, 0) is 32.0 Å². The predicted molar refractivity (Wildman–Crippen MR) is 75.8 cm³/mol. The van der Waals surface area contributed by atoms with Crippen LogP contribution in [0.4, 0.5) is 5.69 Å². The normalized spacial score (nSPS) is 12.9. The molecule has 19 heavy (non-hydrogen) atoms. The number of aromatic nitrogens is 4. The van der Waals surface area contributed by atoms with E-state index in [9.17, 15) is 0 Å². The van der Waals surface area contributed by atoms with Crippen LogP contribution in [0.1, 0.15) is 18.8 Å². The third-order valence-corrected chi connectivity index (χ3v) is 3.36. The molecule has 2 aromatic heterocycles. The number of anilines is 1. The quantitative estimate of drug-likeness (QED) is 0.731. The van der Waals surface area contributed by atoms with Crippen molar-refractivity contribution in [2.75, 3.05) is 5.73 Å². The maximum atomic E-state index is 5.81. The number of nitrogen functional groups attached to an aromatic ring is 1. The molecule has 98 valence electrons. The molecule has 5 nitrogen and oxygen atoms in total. The van der Waals surface area contributed by atoms with Gasteiger partial charge in [0.2, 0.25) is 0 Å². The third-order valence-electron chi connectivity index (χ3n) is 3.36. The molecule has 0 aliphatic carbocycles. The minimum Gasteiger partial charge on any atom is -0.399 e. The van der Waals surface area contributed by atoms with Crippen molar-refractivity contribution in [3.8, 4) is 0 Å². The minimum absolute atomic E-state index is 0.308. The predicted octanol–water partition coefficient (Wildman–Crippen LogP) is 2.38. The van der Waals surface area contributed by atoms with Crippen LogP contribution >= 0.6 is 0 Å². The minimum atomic E-state index is 0.308. The number of rotatable bonds is 3. The largest absolute Gasteiger partial charge is 0.399 e. The Hall–Kier alpha value is -2.30. The molecule has 2 N–H and O–H groups in total. The number of nitrogens with two attached hydrogens (primary N) is 1. The molecule has 3 aromatic rings. The second-order valence-electron chi connectivity index (χ2n) is 4.89. The number of imidazole rings is 2. The van der Waals surface area contributed by atoms with E-state index in [4.69, 9.17) is 5.73 Å². The second-order valence-corrected chi connectivity index (χ2v) is 4.89. The van der Waals surface area contributed by atoms with E-state index in [0.717, 1.165) is 29.1 Å². The van der Waals surface area contributed by atoms with Crippen LogP contribution in [0.25, 0.3) is 11.0 Å². The molecular weight excluding hydrogens is 238 g/mol. The molecule has 0 spiro atoms. The summed E-state index contributed by atoms with van der Waals surface area (Å²) in [6, 6.07) is 6.18. The smallest absolute Gasteiger partial charge is 0.107 e. The molecule has 0 bridgehead atoms. The summed E-state index contributed by atoms with van der Waals surface area (Å²) < 4.78 is 4.32. The Labute approximate surface area is 111 Å². The highest BCUT2D eigenvalue weighted by Crippen LogP contribution is 2.23. The van der Waals surface area contributed by atoms with Gasteiger partial charge in [-0.15, -0.1) is 0 Å². The van der Waals surface area contributed by atoms with E-state index in [1.165, 1.54) is 0 Å². The van der Waals surface area contributed by atoms with Crippen LogP contribution in [0.2, 0.25) is 0 Å². The Morgan fingerprint density at radius 2 is 2.21 bits per heavy atom. The Morgan fingerprint density at radius 1 is 1.37 bits per heavy atom. The van der Waals surface area contributed by atoms with Gasteiger partial charge in [0, 0.05) is 24.6 Å². The molecule has 0 saturated heterocycles. The molecule has 0 radical (unpaired) electrons. The van der Waals surface area contributed by atoms with Crippen molar-refractivity contribution in [2.24, 2.45) is 0 Å². The molecule has 0 fully saturated rings. The van der Waals surface area contributed by atoms with Crippen molar-refractivity contribution in [1.29, 1.82) is 0 Å². The first-order chi connectivity index (χ1) is 9.15. The molecule has 5 heteroatoms. The average molecular weight is 255 g/mol. The number of nitrogens with zero attached hydrogens (tertiary/aromatic N) is 4. The van der Waals surface area contributed by atoms with Crippen LogP contribution in [-0.4, -0.2) is 19.1 Å². The first-order valence-corrected chi connectivity index (χ1v) is 6.35. The van der Waals surface area contributed by atoms with Crippen molar-refractivity contribution in [3.05, 3.63) is 42.7 Å². The van der Waals surface area contributed by atoms with Crippen LogP contribution in [-0.2, 0) is 6.54 Å². The monoisotopic (exact) mass is 255 g/mol. The summed E-state index contributed by atoms with van der Waals surface area (Å²) in [6.07, 6.45) is 5.61. The molecule has 0 amide bonds. The maximum Gasteiger partial charge on any atom is 0.107 e. The average Bonchev–Trinajstić information content (AvgIpc) is 2.95. The summed E-state index contributed by atoms with van der Waals surface area (Å²) in [6.45, 7) is 5.09. The summed E-state index contributed by atoms with van der Waals surface area (Å²) in [4.78, 5) is 8.66. The van der Waals surface area contributed by atoms with Crippen LogP contribution in [0.5, 0.6) is 0 Å². The van der Waals surface area contributed by atoms with E-state index in [-0.39, 0.29) is 0 Å². The molecule has 2 heterocycles. The maximum absolute atomic E-state index is 5.81. The van der Waals surface area contributed by atoms with Gasteiger partial charge in [-0.1, -0.05) is 0 Å². The Kier molecular flexibility index (Phi) is 2.74. The summed E-state index contributed by atoms with van der Waals surface area (Å²) in [5.74, 6) is 1.01. The molecule has 0 aliphatic heterocycles. The highest BCUT2D eigenvalue weighted by molar-refractivity contribution is 5.79. The number of benzene rings is 1. The lowest BCUT2D eigenvalue weighted by atomic mass is 10.2. The van der Waals surface area contributed by atoms with Crippen molar-refractivity contribution < 1.29 is 0 Å². The fourth-order valence-corrected chi connectivity index (χ4v) is 2.57. The van der Waals surface area contributed by atoms with Gasteiger partial charge in [-0.3, -0.25) is 0 Å². The van der Waals surface area contributed by atoms with Gasteiger partial charge in [0.05, 0.1) is 23.4 Å². The molecule has 1 aromatic carbocycles. The van der Waals surface area contributed by atoms with Gasteiger partial charge >= 0.3 is 0 Å². The van der Waals surface area contributed by atoms with Crippen molar-refractivity contribution in [2.45, 2.75) is 26.4 Å². The lowest BCUT2D eigenvalue weighted by Gasteiger charge is -2.17. The van der Waals surface area contributed by atoms with E-state index in [1.54, 1.807) is 6.20 Å². The van der Waals surface area contributed by atoms with Crippen LogP contribution in [0.15, 0.2) is 36.9 Å². The van der Waals surface area contributed by atoms with Gasteiger partial charge in [-0.2, -0.15) is 0 Å². The van der Waals surface area contributed by atoms with E-state index in [2.05, 4.69) is 26.0 Å². The molecule has 1 atom stereocenters. The van der Waals surface area contributed by atoms with Crippen LogP contribution < -0.4 is 5.73 Å². The number of hydrogen-bond acceptors (Lipinski definition) is 3. The number of fused-ring (bicyclic) bond motifs is 1. The lowest BCUT2D eigenvalue weighted by Crippen LogP contribution is -2.13. The Bertz CT molecular complexity index is 696. The second kappa shape index (κ2) is 4.42. The lowest BCUT2D eigenvalue weighted by molar-refractivity contribution is 0.466. The van der Waals surface area contributed by atoms with Crippen LogP contribution in [0.3, 0.4) is 0 Å². The zero-order valence-electron chi connectivity index (χ0n) is 11.1. The standard InChI is InChI=1S/C14H17N5/c1-10(8-18-6-5-16-9-18)19-11(2)17-13-7-12(15)3-4-14(13)19/h3-7,9-10H,8,15H2,1-2H3. The van der Waals surface area contributed by atoms with Crippen molar-refractivity contribution in [1.82, 2.24) is 19.1 Å². The van der Waals surface area contributed by atoms with Gasteiger partial charge in [0.15, 0.2) is 0 Å². The zero-order chi connectivity index (χ0) is 13.4. The van der Waals surface area contributed by atoms with Crippen molar-refractivity contribution >= 4 is 16.7 Å². The van der Waals surface area contributed by atoms with Gasteiger partial charge < -0.3 is 14.9 Å². The molecular formula is C14H17N5. The van der Waals surface area contributed by atoms with Gasteiger partial charge in [0.25, 0.3) is 0 Å². The SMILES string of the molecule is Cc1nc2cc(N)ccc2n1C(C)Cn1ccnc1. The van der Waals surface area contributed by atoms with E-state index >= 15 is 0 Å². The fourth-order valence-electron chi connectivity index (χ4n) is 2.57. The first-order valence-electron chi connectivity index (χ1n) is 6.35. The summed E-state index contributed by atoms with van der Waals surface area (Å²) in [7, 11) is 0. The zero-order valence-corrected chi connectivity index (χ0v) is 11.1. The Morgan fingerprint density at radius 3 is 2.95 bits per heavy atom. The topological polar surface area (TPSA) is 61.7 Å². The fraction of sp³-hybridized carbons (Fsp3) is 0.286. The van der Waals surface area contributed by atoms with E-state index in [1.807, 2.05) is 37.6 Å². The van der Waals surface area contributed by atoms with Gasteiger partial charge in [-0.25, -0.2) is 9.97 Å². The third kappa shape index (κ3) is 2.07. The Balaban J connectivity index is 2.01. The number of aryl methyl sites for hydroxylation is 1. The van der Waals surface area contributed by atoms with Crippen LogP contribution in [0, 0.1) is 6.92 Å². The molecule has 0 saturated carbocycles. The van der Waals surface area contributed by atoms with E-state index in [0.29, 0.717) is 6.04 Å². The highest BCUT2D eigenvalue weighted by atomic mass is 15.1. The molecule has 0 aliphatic rings.